The highest BCUT2D eigenvalue weighted by molar-refractivity contribution is 5.80. The second-order valence-electron chi connectivity index (χ2n) is 6.71. The summed E-state index contributed by atoms with van der Waals surface area (Å²) in [5.74, 6) is 1.62. The van der Waals surface area contributed by atoms with Gasteiger partial charge in [-0.25, -0.2) is 0 Å². The molecule has 1 atom stereocenters. The fourth-order valence-corrected chi connectivity index (χ4v) is 3.60. The van der Waals surface area contributed by atoms with Gasteiger partial charge in [-0.2, -0.15) is 0 Å². The van der Waals surface area contributed by atoms with Crippen molar-refractivity contribution in [1.29, 1.82) is 0 Å². The first-order chi connectivity index (χ1) is 10.6. The van der Waals surface area contributed by atoms with E-state index in [9.17, 15) is 4.79 Å². The van der Waals surface area contributed by atoms with Crippen LogP contribution in [0.1, 0.15) is 38.2 Å². The Kier molecular flexibility index (Phi) is 4.39. The minimum Gasteiger partial charge on any atom is -0.497 e. The summed E-state index contributed by atoms with van der Waals surface area (Å²) in [6.45, 7) is 3.98. The third-order valence-electron chi connectivity index (χ3n) is 5.40. The fraction of sp³-hybridized carbons (Fsp3) is 0.611. The molecule has 22 heavy (non-hydrogen) atoms. The molecule has 2 N–H and O–H groups in total. The standard InChI is InChI=1S/C18H26N2O2/c1-13(14-11-19-12-14)17(21)20-18(9-3-4-10-18)15-5-7-16(22-2)8-6-15/h5-8,13-14,19H,3-4,9-12H2,1-2H3,(H,20,21). The van der Waals surface area contributed by atoms with Crippen molar-refractivity contribution in [2.45, 2.75) is 38.1 Å². The van der Waals surface area contributed by atoms with Crippen LogP contribution < -0.4 is 15.4 Å². The predicted octanol–water partition coefficient (Wildman–Crippen LogP) is 2.44. The summed E-state index contributed by atoms with van der Waals surface area (Å²) in [7, 11) is 1.68. The molecule has 1 aromatic carbocycles. The van der Waals surface area contributed by atoms with Crippen LogP contribution in [0.15, 0.2) is 24.3 Å². The molecule has 4 nitrogen and oxygen atoms in total. The molecule has 3 rings (SSSR count). The summed E-state index contributed by atoms with van der Waals surface area (Å²) < 4.78 is 5.24. The fourth-order valence-electron chi connectivity index (χ4n) is 3.60. The lowest BCUT2D eigenvalue weighted by Crippen LogP contribution is -2.53. The molecule has 1 saturated carbocycles. The Hall–Kier alpha value is -1.55. The lowest BCUT2D eigenvalue weighted by atomic mass is 9.84. The Morgan fingerprint density at radius 3 is 2.41 bits per heavy atom. The van der Waals surface area contributed by atoms with Crippen molar-refractivity contribution >= 4 is 5.91 Å². The summed E-state index contributed by atoms with van der Waals surface area (Å²) in [5.41, 5.74) is 1.02. The molecule has 1 heterocycles. The van der Waals surface area contributed by atoms with Gasteiger partial charge >= 0.3 is 0 Å². The Morgan fingerprint density at radius 1 is 1.27 bits per heavy atom. The van der Waals surface area contributed by atoms with Gasteiger partial charge in [0.05, 0.1) is 12.6 Å². The first-order valence-electron chi connectivity index (χ1n) is 8.32. The number of benzene rings is 1. The molecule has 0 spiro atoms. The molecule has 2 fully saturated rings. The van der Waals surface area contributed by atoms with Gasteiger partial charge in [-0.1, -0.05) is 31.9 Å². The zero-order valence-corrected chi connectivity index (χ0v) is 13.5. The van der Waals surface area contributed by atoms with Crippen molar-refractivity contribution in [2.75, 3.05) is 20.2 Å². The summed E-state index contributed by atoms with van der Waals surface area (Å²) in [6, 6.07) is 8.17. The maximum absolute atomic E-state index is 12.7. The zero-order chi connectivity index (χ0) is 15.6. The topological polar surface area (TPSA) is 50.4 Å². The molecule has 1 unspecified atom stereocenters. The molecule has 1 saturated heterocycles. The van der Waals surface area contributed by atoms with Crippen LogP contribution >= 0.6 is 0 Å². The van der Waals surface area contributed by atoms with Crippen molar-refractivity contribution < 1.29 is 9.53 Å². The number of carbonyl (C=O) groups is 1. The van der Waals surface area contributed by atoms with Gasteiger partial charge in [0, 0.05) is 5.92 Å². The monoisotopic (exact) mass is 302 g/mol. The van der Waals surface area contributed by atoms with Crippen LogP contribution in [-0.2, 0) is 10.3 Å². The molecule has 0 radical (unpaired) electrons. The normalized spacial score (nSPS) is 21.9. The minimum absolute atomic E-state index is 0.0805. The number of ether oxygens (including phenoxy) is 1. The second kappa shape index (κ2) is 6.29. The molecular weight excluding hydrogens is 276 g/mol. The van der Waals surface area contributed by atoms with Gasteiger partial charge in [0.15, 0.2) is 0 Å². The van der Waals surface area contributed by atoms with E-state index in [-0.39, 0.29) is 17.4 Å². The molecule has 1 amide bonds. The van der Waals surface area contributed by atoms with Crippen molar-refractivity contribution in [2.24, 2.45) is 11.8 Å². The average molecular weight is 302 g/mol. The van der Waals surface area contributed by atoms with Crippen LogP contribution in [0.2, 0.25) is 0 Å². The number of hydrogen-bond acceptors (Lipinski definition) is 3. The molecule has 0 aromatic heterocycles. The molecular formula is C18H26N2O2. The van der Waals surface area contributed by atoms with E-state index in [1.165, 1.54) is 18.4 Å². The predicted molar refractivity (Wildman–Crippen MR) is 86.8 cm³/mol. The van der Waals surface area contributed by atoms with Crippen molar-refractivity contribution in [3.05, 3.63) is 29.8 Å². The van der Waals surface area contributed by atoms with Gasteiger partial charge in [0.1, 0.15) is 5.75 Å². The highest BCUT2D eigenvalue weighted by atomic mass is 16.5. The lowest BCUT2D eigenvalue weighted by Gasteiger charge is -2.36. The Morgan fingerprint density at radius 2 is 1.91 bits per heavy atom. The highest BCUT2D eigenvalue weighted by Gasteiger charge is 2.39. The number of methoxy groups -OCH3 is 1. The summed E-state index contributed by atoms with van der Waals surface area (Å²) >= 11 is 0. The Labute approximate surface area is 132 Å². The molecule has 2 aliphatic rings. The van der Waals surface area contributed by atoms with Gasteiger partial charge < -0.3 is 15.4 Å². The van der Waals surface area contributed by atoms with Crippen molar-refractivity contribution in [3.63, 3.8) is 0 Å². The largest absolute Gasteiger partial charge is 0.497 e. The highest BCUT2D eigenvalue weighted by Crippen LogP contribution is 2.39. The van der Waals surface area contributed by atoms with Crippen molar-refractivity contribution in [3.8, 4) is 5.75 Å². The van der Waals surface area contributed by atoms with Gasteiger partial charge in [0.25, 0.3) is 0 Å². The zero-order valence-electron chi connectivity index (χ0n) is 13.5. The van der Waals surface area contributed by atoms with E-state index >= 15 is 0 Å². The quantitative estimate of drug-likeness (QED) is 0.878. The van der Waals surface area contributed by atoms with Crippen molar-refractivity contribution in [1.82, 2.24) is 10.6 Å². The number of amides is 1. The third kappa shape index (κ3) is 2.84. The van der Waals surface area contributed by atoms with Crippen LogP contribution in [-0.4, -0.2) is 26.1 Å². The van der Waals surface area contributed by atoms with E-state index < -0.39 is 0 Å². The van der Waals surface area contributed by atoms with Gasteiger partial charge in [-0.15, -0.1) is 0 Å². The van der Waals surface area contributed by atoms with E-state index in [0.29, 0.717) is 5.92 Å². The SMILES string of the molecule is COc1ccc(C2(NC(=O)C(C)C3CNC3)CCCC2)cc1. The van der Waals surface area contributed by atoms with Gasteiger partial charge in [0.2, 0.25) is 5.91 Å². The van der Waals surface area contributed by atoms with E-state index in [2.05, 4.69) is 29.7 Å². The molecule has 1 aromatic rings. The summed E-state index contributed by atoms with van der Waals surface area (Å²) in [4.78, 5) is 12.7. The van der Waals surface area contributed by atoms with Crippen LogP contribution in [0.5, 0.6) is 5.75 Å². The van der Waals surface area contributed by atoms with Crippen LogP contribution in [0, 0.1) is 11.8 Å². The van der Waals surface area contributed by atoms with Crippen LogP contribution in [0.3, 0.4) is 0 Å². The van der Waals surface area contributed by atoms with Gasteiger partial charge in [-0.05, 0) is 49.5 Å². The van der Waals surface area contributed by atoms with Crippen LogP contribution in [0.25, 0.3) is 0 Å². The molecule has 1 aliphatic heterocycles. The van der Waals surface area contributed by atoms with Gasteiger partial charge in [-0.3, -0.25) is 4.79 Å². The maximum atomic E-state index is 12.7. The first-order valence-corrected chi connectivity index (χ1v) is 8.32. The van der Waals surface area contributed by atoms with E-state index in [0.717, 1.165) is 31.7 Å². The number of nitrogens with one attached hydrogen (secondary N) is 2. The molecule has 4 heteroatoms. The number of carbonyl (C=O) groups excluding carboxylic acids is 1. The number of rotatable bonds is 5. The van der Waals surface area contributed by atoms with E-state index in [1.54, 1.807) is 7.11 Å². The lowest BCUT2D eigenvalue weighted by molar-refractivity contribution is -0.128. The Bertz CT molecular complexity index is 516. The second-order valence-corrected chi connectivity index (χ2v) is 6.71. The first kappa shape index (κ1) is 15.3. The maximum Gasteiger partial charge on any atom is 0.223 e. The summed E-state index contributed by atoms with van der Waals surface area (Å²) in [6.07, 6.45) is 4.40. The smallest absolute Gasteiger partial charge is 0.223 e. The Balaban J connectivity index is 1.76. The number of hydrogen-bond donors (Lipinski definition) is 2. The minimum atomic E-state index is -0.186. The molecule has 0 bridgehead atoms. The molecule has 1 aliphatic carbocycles. The van der Waals surface area contributed by atoms with Crippen LogP contribution in [0.4, 0.5) is 0 Å². The average Bonchev–Trinajstić information content (AvgIpc) is 2.95. The molecule has 120 valence electrons. The van der Waals surface area contributed by atoms with E-state index in [4.69, 9.17) is 4.74 Å². The third-order valence-corrected chi connectivity index (χ3v) is 5.40. The summed E-state index contributed by atoms with van der Waals surface area (Å²) in [5, 5.41) is 6.64. The van der Waals surface area contributed by atoms with E-state index in [1.807, 2.05) is 12.1 Å².